The quantitative estimate of drug-likeness (QED) is 0.469. The van der Waals surface area contributed by atoms with Crippen molar-refractivity contribution in [3.8, 4) is 11.5 Å². The number of carbonyl (C=O) groups is 1. The summed E-state index contributed by atoms with van der Waals surface area (Å²) >= 11 is 0. The van der Waals surface area contributed by atoms with Crippen LogP contribution in [0.5, 0.6) is 11.5 Å². The Balaban J connectivity index is 2.02. The highest BCUT2D eigenvalue weighted by molar-refractivity contribution is 5.98. The lowest BCUT2D eigenvalue weighted by atomic mass is 10.1. The van der Waals surface area contributed by atoms with Crippen LogP contribution < -0.4 is 4.90 Å². The van der Waals surface area contributed by atoms with Gasteiger partial charge < -0.3 is 19.8 Å². The van der Waals surface area contributed by atoms with E-state index >= 15 is 0 Å². The minimum atomic E-state index is -0.713. The van der Waals surface area contributed by atoms with E-state index in [1.54, 1.807) is 0 Å². The van der Waals surface area contributed by atoms with E-state index in [-0.39, 0.29) is 23.4 Å². The number of nitrogens with one attached hydrogen (secondary N) is 1. The molecule has 0 saturated heterocycles. The van der Waals surface area contributed by atoms with Crippen molar-refractivity contribution in [3.63, 3.8) is 0 Å². The molecule has 0 saturated carbocycles. The van der Waals surface area contributed by atoms with Gasteiger partial charge in [0.15, 0.2) is 5.75 Å². The first-order chi connectivity index (χ1) is 13.1. The molecule has 3 aromatic rings. The molecule has 0 bridgehead atoms. The van der Waals surface area contributed by atoms with Gasteiger partial charge in [0.25, 0.3) is 0 Å². The van der Waals surface area contributed by atoms with Crippen LogP contribution in [-0.4, -0.2) is 46.4 Å². The summed E-state index contributed by atoms with van der Waals surface area (Å²) < 4.78 is 4.44. The van der Waals surface area contributed by atoms with Gasteiger partial charge in [-0.15, -0.1) is 0 Å². The number of phenolic OH excluding ortho intramolecular Hbond substituents is 2. The van der Waals surface area contributed by atoms with Crippen LogP contribution in [-0.2, 0) is 11.2 Å². The van der Waals surface area contributed by atoms with Crippen LogP contribution in [0, 0.1) is 0 Å². The molecule has 0 aliphatic heterocycles. The lowest BCUT2D eigenvalue weighted by Crippen LogP contribution is -2.16. The van der Waals surface area contributed by atoms with E-state index in [0.717, 1.165) is 5.69 Å². The number of aromatic amines is 1. The van der Waals surface area contributed by atoms with Gasteiger partial charge in [-0.25, -0.2) is 4.79 Å². The zero-order chi connectivity index (χ0) is 19.4. The third-order valence-electron chi connectivity index (χ3n) is 4.18. The predicted molar refractivity (Wildman–Crippen MR) is 103 cm³/mol. The molecule has 8 heteroatoms. The van der Waals surface area contributed by atoms with E-state index in [4.69, 9.17) is 0 Å². The summed E-state index contributed by atoms with van der Waals surface area (Å²) in [5, 5.41) is 28.6. The van der Waals surface area contributed by atoms with Gasteiger partial charge in [0.1, 0.15) is 11.3 Å². The number of fused-ring (bicyclic) bond motifs is 1. The maximum atomic E-state index is 11.1. The predicted octanol–water partition coefficient (Wildman–Crippen LogP) is 3.51. The maximum absolute atomic E-state index is 11.1. The Morgan fingerprint density at radius 1 is 1.33 bits per heavy atom. The number of aliphatic imine (C=N–C) groups is 1. The van der Waals surface area contributed by atoms with Gasteiger partial charge in [-0.1, -0.05) is 18.2 Å². The number of anilines is 2. The largest absolute Gasteiger partial charge is 0.507 e. The van der Waals surface area contributed by atoms with Crippen LogP contribution in [0.2, 0.25) is 0 Å². The molecule has 140 valence electrons. The minimum absolute atomic E-state index is 0.0256. The Morgan fingerprint density at radius 2 is 2.07 bits per heavy atom. The minimum Gasteiger partial charge on any atom is -0.507 e. The first-order valence-corrected chi connectivity index (χ1v) is 8.41. The Hall–Kier alpha value is -3.55. The number of amides is 1. The Labute approximate surface area is 155 Å². The third-order valence-corrected chi connectivity index (χ3v) is 4.18. The molecule has 1 aromatic heterocycles. The van der Waals surface area contributed by atoms with E-state index in [0.29, 0.717) is 23.3 Å². The lowest BCUT2D eigenvalue weighted by Gasteiger charge is -2.24. The van der Waals surface area contributed by atoms with E-state index < -0.39 is 6.09 Å². The zero-order valence-corrected chi connectivity index (χ0v) is 15.0. The van der Waals surface area contributed by atoms with Crippen molar-refractivity contribution in [2.75, 3.05) is 18.6 Å². The van der Waals surface area contributed by atoms with Gasteiger partial charge in [-0.2, -0.15) is 10.1 Å². The van der Waals surface area contributed by atoms with Crippen LogP contribution in [0.4, 0.5) is 16.2 Å². The standard InChI is InChI=1S/C19H20N4O4/c1-3-23(12-7-5-4-6-8-12)14-11-15(24)16-13(9-10-20-19(26)27-2)21-22-17(16)18(14)25/h4-8,10-11,24-25H,3,9H2,1-2H3,(H,21,22)/b20-10+. The molecule has 0 fully saturated rings. The Kier molecular flexibility index (Phi) is 5.25. The molecule has 2 aromatic carbocycles. The number of benzene rings is 2. The number of hydrogen-bond acceptors (Lipinski definition) is 6. The second-order valence-electron chi connectivity index (χ2n) is 5.75. The number of para-hydroxylation sites is 1. The summed E-state index contributed by atoms with van der Waals surface area (Å²) in [6, 6.07) is 11.1. The first-order valence-electron chi connectivity index (χ1n) is 8.41. The van der Waals surface area contributed by atoms with Gasteiger partial charge >= 0.3 is 6.09 Å². The van der Waals surface area contributed by atoms with Crippen molar-refractivity contribution in [1.82, 2.24) is 10.2 Å². The molecule has 0 atom stereocenters. The summed E-state index contributed by atoms with van der Waals surface area (Å²) in [6.45, 7) is 2.54. The SMILES string of the molecule is CCN(c1ccccc1)c1cc(O)c2c(C/C=N/C(=O)OC)[nH]nc2c1O. The molecule has 1 amide bonds. The molecule has 0 spiro atoms. The van der Waals surface area contributed by atoms with Gasteiger partial charge in [0.2, 0.25) is 0 Å². The molecule has 0 radical (unpaired) electrons. The van der Waals surface area contributed by atoms with Gasteiger partial charge in [-0.05, 0) is 19.1 Å². The summed E-state index contributed by atoms with van der Waals surface area (Å²) in [5.41, 5.74) is 2.12. The van der Waals surface area contributed by atoms with Crippen LogP contribution in [0.3, 0.4) is 0 Å². The molecular weight excluding hydrogens is 348 g/mol. The molecule has 27 heavy (non-hydrogen) atoms. The van der Waals surface area contributed by atoms with Crippen LogP contribution >= 0.6 is 0 Å². The smallest absolute Gasteiger partial charge is 0.432 e. The highest BCUT2D eigenvalue weighted by Gasteiger charge is 2.21. The van der Waals surface area contributed by atoms with Crippen molar-refractivity contribution < 1.29 is 19.7 Å². The number of H-pyrrole nitrogens is 1. The molecule has 0 unspecified atom stereocenters. The fourth-order valence-corrected chi connectivity index (χ4v) is 2.93. The fraction of sp³-hybridized carbons (Fsp3) is 0.211. The molecule has 3 rings (SSSR count). The van der Waals surface area contributed by atoms with Gasteiger partial charge in [-0.3, -0.25) is 5.10 Å². The summed E-state index contributed by atoms with van der Waals surface area (Å²) in [5.74, 6) is -0.0664. The number of carbonyl (C=O) groups excluding carboxylic acids is 1. The number of aromatic nitrogens is 2. The van der Waals surface area contributed by atoms with Crippen LogP contribution in [0.1, 0.15) is 12.6 Å². The van der Waals surface area contributed by atoms with Crippen molar-refractivity contribution in [1.29, 1.82) is 0 Å². The monoisotopic (exact) mass is 368 g/mol. The van der Waals surface area contributed by atoms with Crippen molar-refractivity contribution in [3.05, 3.63) is 42.1 Å². The highest BCUT2D eigenvalue weighted by atomic mass is 16.5. The number of nitrogens with zero attached hydrogens (tertiary/aromatic N) is 3. The number of methoxy groups -OCH3 is 1. The van der Waals surface area contributed by atoms with Crippen molar-refractivity contribution in [2.24, 2.45) is 4.99 Å². The molecular formula is C19H20N4O4. The normalized spacial score (nSPS) is 11.2. The average molecular weight is 368 g/mol. The van der Waals surface area contributed by atoms with Crippen LogP contribution in [0.25, 0.3) is 10.9 Å². The number of aromatic hydroxyl groups is 2. The van der Waals surface area contributed by atoms with E-state index in [1.807, 2.05) is 42.2 Å². The molecule has 3 N–H and O–H groups in total. The van der Waals surface area contributed by atoms with E-state index in [9.17, 15) is 15.0 Å². The average Bonchev–Trinajstić information content (AvgIpc) is 3.12. The third kappa shape index (κ3) is 3.55. The topological polar surface area (TPSA) is 111 Å². The van der Waals surface area contributed by atoms with Crippen LogP contribution in [0.15, 0.2) is 41.4 Å². The number of ether oxygens (including phenoxy) is 1. The van der Waals surface area contributed by atoms with Crippen molar-refractivity contribution in [2.45, 2.75) is 13.3 Å². The molecule has 1 heterocycles. The highest BCUT2D eigenvalue weighted by Crippen LogP contribution is 2.43. The maximum Gasteiger partial charge on any atom is 0.432 e. The Bertz CT molecular complexity index is 982. The molecule has 8 nitrogen and oxygen atoms in total. The summed E-state index contributed by atoms with van der Waals surface area (Å²) in [6.07, 6.45) is 0.856. The first kappa shape index (κ1) is 18.2. The van der Waals surface area contributed by atoms with Gasteiger partial charge in [0, 0.05) is 30.9 Å². The molecule has 0 aliphatic rings. The number of phenols is 2. The van der Waals surface area contributed by atoms with E-state index in [1.165, 1.54) is 19.4 Å². The lowest BCUT2D eigenvalue weighted by molar-refractivity contribution is 0.182. The second-order valence-corrected chi connectivity index (χ2v) is 5.75. The summed E-state index contributed by atoms with van der Waals surface area (Å²) in [7, 11) is 1.24. The van der Waals surface area contributed by atoms with E-state index in [2.05, 4.69) is 19.9 Å². The second kappa shape index (κ2) is 7.77. The number of rotatable bonds is 5. The van der Waals surface area contributed by atoms with Crippen molar-refractivity contribution >= 4 is 34.6 Å². The number of hydrogen-bond donors (Lipinski definition) is 3. The fourth-order valence-electron chi connectivity index (χ4n) is 2.93. The molecule has 0 aliphatic carbocycles. The van der Waals surface area contributed by atoms with Gasteiger partial charge in [0.05, 0.1) is 23.9 Å². The zero-order valence-electron chi connectivity index (χ0n) is 15.0. The Morgan fingerprint density at radius 3 is 2.74 bits per heavy atom. The summed E-state index contributed by atoms with van der Waals surface area (Å²) in [4.78, 5) is 16.5.